The van der Waals surface area contributed by atoms with Gasteiger partial charge in [-0.25, -0.2) is 0 Å². The lowest BCUT2D eigenvalue weighted by Crippen LogP contribution is -2.66. The average molecular weight is 182 g/mol. The van der Waals surface area contributed by atoms with E-state index < -0.39 is 0 Å². The molecule has 1 saturated heterocycles. The summed E-state index contributed by atoms with van der Waals surface area (Å²) in [5.74, 6) is 0.831. The molecule has 0 bridgehead atoms. The molecule has 2 fully saturated rings. The number of hydrogen-bond acceptors (Lipinski definition) is 2. The first-order chi connectivity index (χ1) is 6.13. The van der Waals surface area contributed by atoms with Crippen LogP contribution in [0.1, 0.15) is 26.7 Å². The molecule has 2 aliphatic rings. The molecular weight excluding hydrogens is 160 g/mol. The van der Waals surface area contributed by atoms with Gasteiger partial charge in [0.05, 0.1) is 0 Å². The van der Waals surface area contributed by atoms with E-state index in [0.717, 1.165) is 17.4 Å². The third-order valence-electron chi connectivity index (χ3n) is 3.51. The predicted octanol–water partition coefficient (Wildman–Crippen LogP) is 1.33. The van der Waals surface area contributed by atoms with Crippen molar-refractivity contribution in [3.8, 4) is 0 Å². The normalized spacial score (nSPS) is 27.7. The van der Waals surface area contributed by atoms with Gasteiger partial charge in [-0.1, -0.05) is 13.8 Å². The van der Waals surface area contributed by atoms with Crippen molar-refractivity contribution in [1.82, 2.24) is 10.2 Å². The lowest BCUT2D eigenvalue weighted by molar-refractivity contribution is -0.0812. The van der Waals surface area contributed by atoms with E-state index in [-0.39, 0.29) is 0 Å². The van der Waals surface area contributed by atoms with Gasteiger partial charge < -0.3 is 10.2 Å². The Morgan fingerprint density at radius 1 is 1.38 bits per heavy atom. The highest BCUT2D eigenvalue weighted by Crippen LogP contribution is 2.48. The van der Waals surface area contributed by atoms with Crippen molar-refractivity contribution in [3.05, 3.63) is 0 Å². The zero-order chi connectivity index (χ0) is 9.47. The van der Waals surface area contributed by atoms with Crippen LogP contribution in [0.15, 0.2) is 0 Å². The Kier molecular flexibility index (Phi) is 2.37. The van der Waals surface area contributed by atoms with Crippen molar-refractivity contribution >= 4 is 0 Å². The highest BCUT2D eigenvalue weighted by atomic mass is 15.2. The monoisotopic (exact) mass is 182 g/mol. The van der Waals surface area contributed by atoms with Crippen LogP contribution in [-0.2, 0) is 0 Å². The number of likely N-dealkylation sites (tertiary alicyclic amines) is 1. The third-order valence-corrected chi connectivity index (χ3v) is 3.51. The van der Waals surface area contributed by atoms with Crippen LogP contribution in [0.3, 0.4) is 0 Å². The zero-order valence-corrected chi connectivity index (χ0v) is 9.14. The fourth-order valence-electron chi connectivity index (χ4n) is 3.00. The quantitative estimate of drug-likeness (QED) is 0.708. The van der Waals surface area contributed by atoms with E-state index in [4.69, 9.17) is 0 Å². The van der Waals surface area contributed by atoms with E-state index in [1.54, 1.807) is 0 Å². The molecule has 0 amide bonds. The molecule has 0 aromatic carbocycles. The summed E-state index contributed by atoms with van der Waals surface area (Å²) < 4.78 is 0. The summed E-state index contributed by atoms with van der Waals surface area (Å²) in [5, 5.41) is 3.36. The summed E-state index contributed by atoms with van der Waals surface area (Å²) in [6, 6.07) is 0.821. The molecule has 1 spiro atoms. The Morgan fingerprint density at radius 2 is 2.00 bits per heavy atom. The van der Waals surface area contributed by atoms with Crippen molar-refractivity contribution in [3.63, 3.8) is 0 Å². The van der Waals surface area contributed by atoms with Gasteiger partial charge in [0, 0.05) is 25.7 Å². The Morgan fingerprint density at radius 3 is 2.46 bits per heavy atom. The summed E-state index contributed by atoms with van der Waals surface area (Å²) in [6.07, 6.45) is 2.83. The first kappa shape index (κ1) is 9.47. The third kappa shape index (κ3) is 1.75. The molecule has 0 atom stereocenters. The Labute approximate surface area is 81.7 Å². The smallest absolute Gasteiger partial charge is 0.00765 e. The van der Waals surface area contributed by atoms with Crippen LogP contribution in [-0.4, -0.2) is 37.6 Å². The number of nitrogens with one attached hydrogen (secondary N) is 1. The molecule has 0 aromatic heterocycles. The first-order valence-electron chi connectivity index (χ1n) is 5.53. The van der Waals surface area contributed by atoms with Gasteiger partial charge in [-0.15, -0.1) is 0 Å². The van der Waals surface area contributed by atoms with Gasteiger partial charge in [0.1, 0.15) is 0 Å². The molecule has 2 rings (SSSR count). The summed E-state index contributed by atoms with van der Waals surface area (Å²) in [6.45, 7) is 8.64. The van der Waals surface area contributed by atoms with E-state index in [9.17, 15) is 0 Å². The highest BCUT2D eigenvalue weighted by Gasteiger charge is 2.51. The molecule has 1 saturated carbocycles. The van der Waals surface area contributed by atoms with Crippen molar-refractivity contribution in [2.24, 2.45) is 11.3 Å². The van der Waals surface area contributed by atoms with Crippen LogP contribution in [0, 0.1) is 11.3 Å². The van der Waals surface area contributed by atoms with Gasteiger partial charge in [-0.3, -0.25) is 0 Å². The van der Waals surface area contributed by atoms with Crippen LogP contribution in [0.4, 0.5) is 0 Å². The van der Waals surface area contributed by atoms with Gasteiger partial charge >= 0.3 is 0 Å². The summed E-state index contributed by atoms with van der Waals surface area (Å²) in [5.41, 5.74) is 0.739. The molecule has 1 heterocycles. The zero-order valence-electron chi connectivity index (χ0n) is 9.14. The van der Waals surface area contributed by atoms with Crippen LogP contribution in [0.5, 0.6) is 0 Å². The fraction of sp³-hybridized carbons (Fsp3) is 1.00. The van der Waals surface area contributed by atoms with Crippen molar-refractivity contribution in [2.75, 3.05) is 26.7 Å². The number of hydrogen-bond donors (Lipinski definition) is 1. The molecule has 1 N–H and O–H groups in total. The van der Waals surface area contributed by atoms with Gasteiger partial charge in [0.25, 0.3) is 0 Å². The van der Waals surface area contributed by atoms with Crippen LogP contribution in [0.2, 0.25) is 0 Å². The lowest BCUT2D eigenvalue weighted by atomic mass is 9.60. The van der Waals surface area contributed by atoms with Crippen molar-refractivity contribution in [1.29, 1.82) is 0 Å². The largest absolute Gasteiger partial charge is 0.317 e. The minimum absolute atomic E-state index is 0.739. The second kappa shape index (κ2) is 3.25. The molecule has 1 aliphatic carbocycles. The Hall–Kier alpha value is -0.0800. The molecule has 0 unspecified atom stereocenters. The Bertz CT molecular complexity index is 175. The maximum absolute atomic E-state index is 3.36. The maximum Gasteiger partial charge on any atom is 0.00765 e. The molecule has 2 heteroatoms. The van der Waals surface area contributed by atoms with Crippen molar-refractivity contribution < 1.29 is 0 Å². The lowest BCUT2D eigenvalue weighted by Gasteiger charge is -2.59. The Balaban J connectivity index is 1.68. The van der Waals surface area contributed by atoms with Gasteiger partial charge in [-0.2, -0.15) is 0 Å². The molecule has 0 radical (unpaired) electrons. The highest BCUT2D eigenvalue weighted by molar-refractivity contribution is 5.06. The van der Waals surface area contributed by atoms with Gasteiger partial charge in [0.15, 0.2) is 0 Å². The molecule has 13 heavy (non-hydrogen) atoms. The SMILES string of the molecule is CNC1CC2(C1)CN(CC(C)C)C2. The molecular formula is C11H22N2. The summed E-state index contributed by atoms with van der Waals surface area (Å²) >= 11 is 0. The van der Waals surface area contributed by atoms with E-state index in [1.165, 1.54) is 32.5 Å². The van der Waals surface area contributed by atoms with Crippen molar-refractivity contribution in [2.45, 2.75) is 32.7 Å². The molecule has 76 valence electrons. The summed E-state index contributed by atoms with van der Waals surface area (Å²) in [4.78, 5) is 2.61. The predicted molar refractivity (Wildman–Crippen MR) is 55.8 cm³/mol. The topological polar surface area (TPSA) is 15.3 Å². The maximum atomic E-state index is 3.36. The fourth-order valence-corrected chi connectivity index (χ4v) is 3.00. The first-order valence-corrected chi connectivity index (χ1v) is 5.53. The second-order valence-corrected chi connectivity index (χ2v) is 5.46. The van der Waals surface area contributed by atoms with Crippen LogP contribution in [0.25, 0.3) is 0 Å². The van der Waals surface area contributed by atoms with Gasteiger partial charge in [-0.05, 0) is 31.2 Å². The minimum atomic E-state index is 0.739. The molecule has 0 aromatic rings. The molecule has 1 aliphatic heterocycles. The average Bonchev–Trinajstić information content (AvgIpc) is 1.90. The standard InChI is InChI=1S/C11H22N2/c1-9(2)6-13-7-11(8-13)4-10(5-11)12-3/h9-10,12H,4-8H2,1-3H3. The number of nitrogens with zero attached hydrogens (tertiary/aromatic N) is 1. The van der Waals surface area contributed by atoms with Gasteiger partial charge in [0.2, 0.25) is 0 Å². The van der Waals surface area contributed by atoms with Crippen LogP contribution < -0.4 is 5.32 Å². The van der Waals surface area contributed by atoms with E-state index >= 15 is 0 Å². The minimum Gasteiger partial charge on any atom is -0.317 e. The van der Waals surface area contributed by atoms with E-state index in [1.807, 2.05) is 0 Å². The second-order valence-electron chi connectivity index (χ2n) is 5.46. The van der Waals surface area contributed by atoms with E-state index in [2.05, 4.69) is 31.1 Å². The molecule has 2 nitrogen and oxygen atoms in total. The number of rotatable bonds is 3. The summed E-state index contributed by atoms with van der Waals surface area (Å²) in [7, 11) is 2.09. The van der Waals surface area contributed by atoms with Crippen LogP contribution >= 0.6 is 0 Å². The van der Waals surface area contributed by atoms with E-state index in [0.29, 0.717) is 0 Å².